The average Bonchev–Trinajstić information content (AvgIpc) is 2.38. The molecule has 108 valence electrons. The summed E-state index contributed by atoms with van der Waals surface area (Å²) in [5, 5.41) is 6.46. The van der Waals surface area contributed by atoms with Crippen LogP contribution in [0.4, 0.5) is 0 Å². The summed E-state index contributed by atoms with van der Waals surface area (Å²) in [6.07, 6.45) is 0. The van der Waals surface area contributed by atoms with E-state index in [0.717, 1.165) is 30.3 Å². The molecule has 0 radical (unpaired) electrons. The summed E-state index contributed by atoms with van der Waals surface area (Å²) in [6, 6.07) is 4.10. The van der Waals surface area contributed by atoms with Crippen LogP contribution in [-0.2, 0) is 5.41 Å². The minimum absolute atomic E-state index is 0.0147. The van der Waals surface area contributed by atoms with Gasteiger partial charge in [-0.15, -0.1) is 0 Å². The van der Waals surface area contributed by atoms with Gasteiger partial charge in [0.05, 0.1) is 14.2 Å². The number of hydrogen-bond acceptors (Lipinski definition) is 4. The Hall–Kier alpha value is -1.26. The van der Waals surface area contributed by atoms with Crippen LogP contribution >= 0.6 is 0 Å². The molecule has 2 N–H and O–H groups in total. The third-order valence-corrected chi connectivity index (χ3v) is 3.38. The van der Waals surface area contributed by atoms with Crippen LogP contribution in [0.25, 0.3) is 0 Å². The van der Waals surface area contributed by atoms with Crippen molar-refractivity contribution in [2.45, 2.75) is 26.2 Å². The summed E-state index contributed by atoms with van der Waals surface area (Å²) >= 11 is 0. The number of hydrogen-bond donors (Lipinski definition) is 2. The quantitative estimate of drug-likeness (QED) is 0.585. The molecule has 0 bridgehead atoms. The first-order chi connectivity index (χ1) is 8.97. The Morgan fingerprint density at radius 1 is 1.16 bits per heavy atom. The second kappa shape index (κ2) is 6.78. The fourth-order valence-corrected chi connectivity index (χ4v) is 2.29. The fraction of sp³-hybridized carbons (Fsp3) is 0.600. The van der Waals surface area contributed by atoms with E-state index in [-0.39, 0.29) is 5.41 Å². The molecule has 0 unspecified atom stereocenters. The zero-order valence-corrected chi connectivity index (χ0v) is 12.9. The van der Waals surface area contributed by atoms with Gasteiger partial charge >= 0.3 is 0 Å². The zero-order valence-electron chi connectivity index (χ0n) is 12.9. The van der Waals surface area contributed by atoms with E-state index in [9.17, 15) is 0 Å². The van der Waals surface area contributed by atoms with Crippen LogP contribution in [0.1, 0.15) is 25.0 Å². The van der Waals surface area contributed by atoms with Crippen LogP contribution in [0, 0.1) is 6.92 Å². The van der Waals surface area contributed by atoms with Crippen LogP contribution in [0.5, 0.6) is 11.5 Å². The molecular formula is C15H26N2O2. The number of nitrogens with one attached hydrogen (secondary N) is 2. The van der Waals surface area contributed by atoms with Gasteiger partial charge in [-0.05, 0) is 20.0 Å². The molecule has 1 rings (SSSR count). The van der Waals surface area contributed by atoms with Gasteiger partial charge in [-0.1, -0.05) is 19.9 Å². The van der Waals surface area contributed by atoms with Gasteiger partial charge in [0.2, 0.25) is 0 Å². The van der Waals surface area contributed by atoms with Gasteiger partial charge in [0.1, 0.15) is 11.5 Å². The number of methoxy groups -OCH3 is 2. The number of benzene rings is 1. The first-order valence-electron chi connectivity index (χ1n) is 6.55. The highest BCUT2D eigenvalue weighted by Crippen LogP contribution is 2.37. The predicted molar refractivity (Wildman–Crippen MR) is 79.2 cm³/mol. The molecule has 0 atom stereocenters. The lowest BCUT2D eigenvalue weighted by atomic mass is 9.83. The molecule has 0 saturated carbocycles. The maximum atomic E-state index is 5.59. The molecular weight excluding hydrogens is 240 g/mol. The van der Waals surface area contributed by atoms with E-state index in [4.69, 9.17) is 9.47 Å². The van der Waals surface area contributed by atoms with Crippen molar-refractivity contribution in [3.05, 3.63) is 23.3 Å². The summed E-state index contributed by atoms with van der Waals surface area (Å²) in [4.78, 5) is 0. The molecule has 0 fully saturated rings. The summed E-state index contributed by atoms with van der Waals surface area (Å²) in [5.74, 6) is 1.77. The van der Waals surface area contributed by atoms with Crippen molar-refractivity contribution < 1.29 is 9.47 Å². The molecule has 0 aromatic heterocycles. The first-order valence-corrected chi connectivity index (χ1v) is 6.55. The number of rotatable bonds is 7. The third-order valence-electron chi connectivity index (χ3n) is 3.38. The number of ether oxygens (including phenoxy) is 2. The summed E-state index contributed by atoms with van der Waals surface area (Å²) in [6.45, 7) is 8.11. The SMILES string of the molecule is CNCNCC(C)(C)c1ccc(OC)c(C)c1OC. The lowest BCUT2D eigenvalue weighted by Gasteiger charge is -2.29. The van der Waals surface area contributed by atoms with E-state index in [1.165, 1.54) is 5.56 Å². The van der Waals surface area contributed by atoms with Crippen LogP contribution < -0.4 is 20.1 Å². The third kappa shape index (κ3) is 3.61. The Kier molecular flexibility index (Phi) is 5.63. The normalized spacial score (nSPS) is 11.5. The van der Waals surface area contributed by atoms with E-state index >= 15 is 0 Å². The van der Waals surface area contributed by atoms with Crippen LogP contribution in [0.3, 0.4) is 0 Å². The Morgan fingerprint density at radius 2 is 1.84 bits per heavy atom. The molecule has 0 saturated heterocycles. The molecule has 0 aliphatic carbocycles. The van der Waals surface area contributed by atoms with E-state index < -0.39 is 0 Å². The highest BCUT2D eigenvalue weighted by molar-refractivity contribution is 5.52. The predicted octanol–water partition coefficient (Wildman–Crippen LogP) is 2.06. The first kappa shape index (κ1) is 15.8. The summed E-state index contributed by atoms with van der Waals surface area (Å²) < 4.78 is 10.9. The maximum absolute atomic E-state index is 5.59. The molecule has 1 aromatic rings. The Labute approximate surface area is 116 Å². The largest absolute Gasteiger partial charge is 0.496 e. The van der Waals surface area contributed by atoms with Gasteiger partial charge in [-0.25, -0.2) is 0 Å². The van der Waals surface area contributed by atoms with Gasteiger partial charge < -0.3 is 20.1 Å². The smallest absolute Gasteiger partial charge is 0.129 e. The molecule has 0 spiro atoms. The van der Waals surface area contributed by atoms with Crippen molar-refractivity contribution in [3.63, 3.8) is 0 Å². The van der Waals surface area contributed by atoms with Gasteiger partial charge in [-0.3, -0.25) is 0 Å². The molecule has 0 heterocycles. The van der Waals surface area contributed by atoms with E-state index in [2.05, 4.69) is 30.5 Å². The van der Waals surface area contributed by atoms with Crippen molar-refractivity contribution in [3.8, 4) is 11.5 Å². The molecule has 19 heavy (non-hydrogen) atoms. The summed E-state index contributed by atoms with van der Waals surface area (Å²) in [7, 11) is 5.32. The second-order valence-electron chi connectivity index (χ2n) is 5.31. The van der Waals surface area contributed by atoms with Gasteiger partial charge in [-0.2, -0.15) is 0 Å². The van der Waals surface area contributed by atoms with Crippen molar-refractivity contribution in [1.82, 2.24) is 10.6 Å². The molecule has 4 heteroatoms. The van der Waals surface area contributed by atoms with E-state index in [0.29, 0.717) is 0 Å². The van der Waals surface area contributed by atoms with Crippen LogP contribution in [-0.4, -0.2) is 34.5 Å². The monoisotopic (exact) mass is 266 g/mol. The average molecular weight is 266 g/mol. The molecule has 1 aromatic carbocycles. The highest BCUT2D eigenvalue weighted by atomic mass is 16.5. The van der Waals surface area contributed by atoms with Crippen molar-refractivity contribution in [2.75, 3.05) is 34.5 Å². The highest BCUT2D eigenvalue weighted by Gasteiger charge is 2.26. The minimum atomic E-state index is -0.0147. The Bertz CT molecular complexity index is 417. The van der Waals surface area contributed by atoms with Gasteiger partial charge in [0, 0.05) is 29.8 Å². The molecule has 4 nitrogen and oxygen atoms in total. The van der Waals surface area contributed by atoms with Gasteiger partial charge in [0.15, 0.2) is 0 Å². The minimum Gasteiger partial charge on any atom is -0.496 e. The van der Waals surface area contributed by atoms with Crippen LogP contribution in [0.2, 0.25) is 0 Å². The Balaban J connectivity index is 3.08. The topological polar surface area (TPSA) is 42.5 Å². The second-order valence-corrected chi connectivity index (χ2v) is 5.31. The van der Waals surface area contributed by atoms with Gasteiger partial charge in [0.25, 0.3) is 0 Å². The van der Waals surface area contributed by atoms with E-state index in [1.807, 2.05) is 20.0 Å². The zero-order chi connectivity index (χ0) is 14.5. The van der Waals surface area contributed by atoms with E-state index in [1.54, 1.807) is 14.2 Å². The van der Waals surface area contributed by atoms with Crippen molar-refractivity contribution >= 4 is 0 Å². The maximum Gasteiger partial charge on any atom is 0.129 e. The lowest BCUT2D eigenvalue weighted by molar-refractivity contribution is 0.369. The van der Waals surface area contributed by atoms with Crippen molar-refractivity contribution in [1.29, 1.82) is 0 Å². The Morgan fingerprint density at radius 3 is 2.37 bits per heavy atom. The molecule has 0 amide bonds. The van der Waals surface area contributed by atoms with Crippen LogP contribution in [0.15, 0.2) is 12.1 Å². The fourth-order valence-electron chi connectivity index (χ4n) is 2.29. The molecule has 0 aliphatic heterocycles. The standard InChI is InChI=1S/C15H26N2O2/c1-11-13(18-5)8-7-12(14(11)19-6)15(2,3)9-17-10-16-4/h7-8,16-17H,9-10H2,1-6H3. The van der Waals surface area contributed by atoms with Crippen molar-refractivity contribution in [2.24, 2.45) is 0 Å². The summed E-state index contributed by atoms with van der Waals surface area (Å²) in [5.41, 5.74) is 2.22. The molecule has 0 aliphatic rings. The lowest BCUT2D eigenvalue weighted by Crippen LogP contribution is -2.37.